The standard InChI is InChI=1S/C12H15N5OS/c1-7-14-12(17-16-7)19-10-5-4-9(13)11(15-10)18-6-8-2-3-8/h4-5,8H,2-3,6,13H2,1H3,(H,14,16,17). The van der Waals surface area contributed by atoms with E-state index in [1.54, 1.807) is 6.07 Å². The summed E-state index contributed by atoms with van der Waals surface area (Å²) < 4.78 is 5.65. The summed E-state index contributed by atoms with van der Waals surface area (Å²) in [6.07, 6.45) is 2.48. The number of aromatic amines is 1. The zero-order valence-corrected chi connectivity index (χ0v) is 11.4. The van der Waals surface area contributed by atoms with Crippen molar-refractivity contribution < 1.29 is 4.74 Å². The Morgan fingerprint density at radius 1 is 1.42 bits per heavy atom. The number of aromatic nitrogens is 4. The first-order valence-corrected chi connectivity index (χ1v) is 6.98. The second-order valence-corrected chi connectivity index (χ2v) is 5.59. The topological polar surface area (TPSA) is 89.7 Å². The van der Waals surface area contributed by atoms with Crippen LogP contribution in [-0.2, 0) is 0 Å². The molecular formula is C12H15N5OS. The first kappa shape index (κ1) is 12.3. The van der Waals surface area contributed by atoms with E-state index < -0.39 is 0 Å². The Morgan fingerprint density at radius 3 is 2.95 bits per heavy atom. The molecule has 2 aromatic heterocycles. The molecule has 0 radical (unpaired) electrons. The van der Waals surface area contributed by atoms with Crippen LogP contribution in [0.1, 0.15) is 18.7 Å². The Kier molecular flexibility index (Phi) is 3.29. The van der Waals surface area contributed by atoms with Crippen molar-refractivity contribution in [1.82, 2.24) is 20.2 Å². The van der Waals surface area contributed by atoms with Crippen LogP contribution >= 0.6 is 11.8 Å². The molecule has 2 aromatic rings. The lowest BCUT2D eigenvalue weighted by Gasteiger charge is -2.08. The molecule has 2 heterocycles. The summed E-state index contributed by atoms with van der Waals surface area (Å²) in [5.74, 6) is 1.96. The highest BCUT2D eigenvalue weighted by atomic mass is 32.2. The van der Waals surface area contributed by atoms with Crippen LogP contribution in [0.5, 0.6) is 5.88 Å². The number of hydrogen-bond acceptors (Lipinski definition) is 6. The van der Waals surface area contributed by atoms with E-state index >= 15 is 0 Å². The first-order valence-electron chi connectivity index (χ1n) is 6.17. The zero-order valence-electron chi connectivity index (χ0n) is 10.6. The Hall–Kier alpha value is -1.76. The maximum atomic E-state index is 5.86. The highest BCUT2D eigenvalue weighted by Gasteiger charge is 2.22. The van der Waals surface area contributed by atoms with Crippen LogP contribution in [-0.4, -0.2) is 26.8 Å². The molecule has 3 N–H and O–H groups in total. The third-order valence-electron chi connectivity index (χ3n) is 2.79. The van der Waals surface area contributed by atoms with Crippen molar-refractivity contribution in [2.45, 2.75) is 29.9 Å². The van der Waals surface area contributed by atoms with Gasteiger partial charge in [0.2, 0.25) is 11.0 Å². The van der Waals surface area contributed by atoms with Gasteiger partial charge in [-0.15, -0.1) is 5.10 Å². The minimum Gasteiger partial charge on any atom is -0.476 e. The van der Waals surface area contributed by atoms with E-state index in [1.807, 2.05) is 13.0 Å². The molecule has 0 aromatic carbocycles. The minimum atomic E-state index is 0.504. The Balaban J connectivity index is 1.72. The number of ether oxygens (including phenoxy) is 1. The van der Waals surface area contributed by atoms with Crippen molar-refractivity contribution in [3.8, 4) is 5.88 Å². The maximum absolute atomic E-state index is 5.86. The van der Waals surface area contributed by atoms with Gasteiger partial charge in [-0.1, -0.05) is 0 Å². The molecule has 0 saturated heterocycles. The van der Waals surface area contributed by atoms with Crippen molar-refractivity contribution >= 4 is 17.4 Å². The van der Waals surface area contributed by atoms with Gasteiger partial charge in [0.25, 0.3) is 0 Å². The molecule has 0 unspecified atom stereocenters. The maximum Gasteiger partial charge on any atom is 0.238 e. The van der Waals surface area contributed by atoms with Gasteiger partial charge in [0.05, 0.1) is 12.3 Å². The van der Waals surface area contributed by atoms with Crippen LogP contribution in [0.4, 0.5) is 5.69 Å². The van der Waals surface area contributed by atoms with E-state index in [0.29, 0.717) is 29.2 Å². The summed E-state index contributed by atoms with van der Waals surface area (Å²) in [5.41, 5.74) is 6.43. The predicted molar refractivity (Wildman–Crippen MR) is 72.1 cm³/mol. The van der Waals surface area contributed by atoms with Gasteiger partial charge < -0.3 is 10.5 Å². The fraction of sp³-hybridized carbons (Fsp3) is 0.417. The fourth-order valence-corrected chi connectivity index (χ4v) is 2.27. The van der Waals surface area contributed by atoms with E-state index in [2.05, 4.69) is 20.2 Å². The number of nitrogens with two attached hydrogens (primary N) is 1. The molecule has 7 heteroatoms. The molecule has 6 nitrogen and oxygen atoms in total. The smallest absolute Gasteiger partial charge is 0.238 e. The molecule has 1 saturated carbocycles. The van der Waals surface area contributed by atoms with E-state index in [4.69, 9.17) is 10.5 Å². The van der Waals surface area contributed by atoms with Gasteiger partial charge in [-0.2, -0.15) is 0 Å². The van der Waals surface area contributed by atoms with E-state index in [1.165, 1.54) is 24.6 Å². The monoisotopic (exact) mass is 277 g/mol. The number of aryl methyl sites for hydroxylation is 1. The van der Waals surface area contributed by atoms with Gasteiger partial charge in [-0.3, -0.25) is 5.10 Å². The summed E-state index contributed by atoms with van der Waals surface area (Å²) in [7, 11) is 0. The van der Waals surface area contributed by atoms with Crippen LogP contribution < -0.4 is 10.5 Å². The third-order valence-corrected chi connectivity index (χ3v) is 3.59. The number of hydrogen-bond donors (Lipinski definition) is 2. The van der Waals surface area contributed by atoms with Crippen molar-refractivity contribution in [2.24, 2.45) is 5.92 Å². The number of rotatable bonds is 5. The van der Waals surface area contributed by atoms with E-state index in [0.717, 1.165) is 10.9 Å². The van der Waals surface area contributed by atoms with Gasteiger partial charge >= 0.3 is 0 Å². The van der Waals surface area contributed by atoms with Gasteiger partial charge in [0.15, 0.2) is 0 Å². The summed E-state index contributed by atoms with van der Waals surface area (Å²) >= 11 is 1.38. The molecule has 19 heavy (non-hydrogen) atoms. The number of nitrogens with one attached hydrogen (secondary N) is 1. The third kappa shape index (κ3) is 3.17. The molecule has 0 amide bonds. The van der Waals surface area contributed by atoms with Gasteiger partial charge in [-0.05, 0) is 49.6 Å². The quantitative estimate of drug-likeness (QED) is 0.869. The predicted octanol–water partition coefficient (Wildman–Crippen LogP) is 2.03. The second-order valence-electron chi connectivity index (χ2n) is 4.60. The van der Waals surface area contributed by atoms with Crippen molar-refractivity contribution in [1.29, 1.82) is 0 Å². The molecule has 1 aliphatic carbocycles. The number of H-pyrrole nitrogens is 1. The van der Waals surface area contributed by atoms with E-state index in [9.17, 15) is 0 Å². The first-order chi connectivity index (χ1) is 9.20. The second kappa shape index (κ2) is 5.08. The van der Waals surface area contributed by atoms with Crippen LogP contribution in [0.15, 0.2) is 22.3 Å². The number of pyridine rings is 1. The average Bonchev–Trinajstić information content (AvgIpc) is 3.13. The number of anilines is 1. The van der Waals surface area contributed by atoms with Gasteiger partial charge in [0.1, 0.15) is 10.9 Å². The molecule has 0 atom stereocenters. The van der Waals surface area contributed by atoms with Crippen molar-refractivity contribution in [3.05, 3.63) is 18.0 Å². The lowest BCUT2D eigenvalue weighted by atomic mass is 10.4. The molecule has 100 valence electrons. The fourth-order valence-electron chi connectivity index (χ4n) is 1.55. The highest BCUT2D eigenvalue weighted by Crippen LogP contribution is 2.32. The van der Waals surface area contributed by atoms with E-state index in [-0.39, 0.29) is 0 Å². The average molecular weight is 277 g/mol. The van der Waals surface area contributed by atoms with Crippen LogP contribution in [0, 0.1) is 12.8 Å². The Bertz CT molecular complexity index is 581. The van der Waals surface area contributed by atoms with Gasteiger partial charge in [0, 0.05) is 0 Å². The highest BCUT2D eigenvalue weighted by molar-refractivity contribution is 7.99. The summed E-state index contributed by atoms with van der Waals surface area (Å²) in [6.45, 7) is 2.56. The molecule has 0 bridgehead atoms. The molecule has 0 aliphatic heterocycles. The van der Waals surface area contributed by atoms with Crippen molar-refractivity contribution in [2.75, 3.05) is 12.3 Å². The summed E-state index contributed by atoms with van der Waals surface area (Å²) in [4.78, 5) is 8.62. The summed E-state index contributed by atoms with van der Waals surface area (Å²) in [5, 5.41) is 8.28. The van der Waals surface area contributed by atoms with Crippen molar-refractivity contribution in [3.63, 3.8) is 0 Å². The largest absolute Gasteiger partial charge is 0.476 e. The molecular weight excluding hydrogens is 262 g/mol. The number of nitrogen functional groups attached to an aromatic ring is 1. The Labute approximate surface area is 115 Å². The van der Waals surface area contributed by atoms with Crippen LogP contribution in [0.2, 0.25) is 0 Å². The zero-order chi connectivity index (χ0) is 13.2. The van der Waals surface area contributed by atoms with Crippen LogP contribution in [0.25, 0.3) is 0 Å². The van der Waals surface area contributed by atoms with Gasteiger partial charge in [-0.25, -0.2) is 9.97 Å². The lowest BCUT2D eigenvalue weighted by Crippen LogP contribution is -2.04. The molecule has 0 spiro atoms. The molecule has 1 fully saturated rings. The lowest BCUT2D eigenvalue weighted by molar-refractivity contribution is 0.288. The normalized spacial score (nSPS) is 14.6. The molecule has 1 aliphatic rings. The summed E-state index contributed by atoms with van der Waals surface area (Å²) in [6, 6.07) is 3.65. The number of nitrogens with zero attached hydrogens (tertiary/aromatic N) is 3. The van der Waals surface area contributed by atoms with Crippen LogP contribution in [0.3, 0.4) is 0 Å². The molecule has 3 rings (SSSR count). The Morgan fingerprint density at radius 2 is 2.26 bits per heavy atom. The SMILES string of the molecule is Cc1nc(Sc2ccc(N)c(OCC3CC3)n2)n[nH]1. The minimum absolute atomic E-state index is 0.504.